The van der Waals surface area contributed by atoms with Crippen molar-refractivity contribution in [1.82, 2.24) is 4.98 Å². The summed E-state index contributed by atoms with van der Waals surface area (Å²) in [6.45, 7) is 2.38. The SMILES string of the molecule is Cc1ncc(C(=O)OCCOc2ccc(Br)cc2)s1. The van der Waals surface area contributed by atoms with Crippen LogP contribution >= 0.6 is 27.3 Å². The van der Waals surface area contributed by atoms with Crippen LogP contribution in [-0.2, 0) is 4.74 Å². The Kier molecular flexibility index (Phi) is 4.93. The minimum atomic E-state index is -0.356. The highest BCUT2D eigenvalue weighted by molar-refractivity contribution is 9.10. The van der Waals surface area contributed by atoms with E-state index in [2.05, 4.69) is 20.9 Å². The Hall–Kier alpha value is -1.40. The van der Waals surface area contributed by atoms with Crippen LogP contribution in [0.1, 0.15) is 14.7 Å². The van der Waals surface area contributed by atoms with Crippen LogP contribution in [-0.4, -0.2) is 24.2 Å². The summed E-state index contributed by atoms with van der Waals surface area (Å²) in [6, 6.07) is 7.47. The van der Waals surface area contributed by atoms with Crippen molar-refractivity contribution in [1.29, 1.82) is 0 Å². The first-order valence-electron chi connectivity index (χ1n) is 5.63. The lowest BCUT2D eigenvalue weighted by Crippen LogP contribution is -2.11. The molecule has 4 nitrogen and oxygen atoms in total. The molecule has 0 unspecified atom stereocenters. The van der Waals surface area contributed by atoms with Crippen molar-refractivity contribution in [2.24, 2.45) is 0 Å². The highest BCUT2D eigenvalue weighted by Gasteiger charge is 2.10. The number of aromatic nitrogens is 1. The summed E-state index contributed by atoms with van der Waals surface area (Å²) < 4.78 is 11.5. The Bertz CT molecular complexity index is 553. The normalized spacial score (nSPS) is 10.2. The number of nitrogens with zero attached hydrogens (tertiary/aromatic N) is 1. The molecule has 0 amide bonds. The van der Waals surface area contributed by atoms with Crippen molar-refractivity contribution in [2.45, 2.75) is 6.92 Å². The van der Waals surface area contributed by atoms with Crippen LogP contribution in [0.2, 0.25) is 0 Å². The molecule has 1 aromatic heterocycles. The molecule has 100 valence electrons. The molecule has 6 heteroatoms. The molecule has 0 N–H and O–H groups in total. The Balaban J connectivity index is 1.72. The second kappa shape index (κ2) is 6.68. The van der Waals surface area contributed by atoms with Gasteiger partial charge in [0.2, 0.25) is 0 Å². The maximum atomic E-state index is 11.6. The molecule has 0 saturated heterocycles. The average Bonchev–Trinajstić information content (AvgIpc) is 2.83. The van der Waals surface area contributed by atoms with E-state index in [0.717, 1.165) is 15.2 Å². The van der Waals surface area contributed by atoms with Gasteiger partial charge in [0.15, 0.2) is 0 Å². The third kappa shape index (κ3) is 4.33. The predicted octanol–water partition coefficient (Wildman–Crippen LogP) is 3.45. The van der Waals surface area contributed by atoms with Crippen LogP contribution in [0.4, 0.5) is 0 Å². The lowest BCUT2D eigenvalue weighted by Gasteiger charge is -2.06. The smallest absolute Gasteiger partial charge is 0.350 e. The molecule has 2 rings (SSSR count). The number of hydrogen-bond acceptors (Lipinski definition) is 5. The molecule has 0 saturated carbocycles. The highest BCUT2D eigenvalue weighted by atomic mass is 79.9. The molecule has 0 aliphatic carbocycles. The highest BCUT2D eigenvalue weighted by Crippen LogP contribution is 2.16. The maximum Gasteiger partial charge on any atom is 0.350 e. The van der Waals surface area contributed by atoms with E-state index in [1.165, 1.54) is 17.5 Å². The second-order valence-corrected chi connectivity index (χ2v) is 5.83. The summed E-state index contributed by atoms with van der Waals surface area (Å²) in [7, 11) is 0. The third-order valence-electron chi connectivity index (χ3n) is 2.22. The topological polar surface area (TPSA) is 48.4 Å². The van der Waals surface area contributed by atoms with Crippen LogP contribution in [0, 0.1) is 6.92 Å². The number of esters is 1. The summed E-state index contributed by atoms with van der Waals surface area (Å²) in [5.41, 5.74) is 0. The molecule has 0 aliphatic rings. The van der Waals surface area contributed by atoms with E-state index in [-0.39, 0.29) is 12.6 Å². The number of ether oxygens (including phenoxy) is 2. The minimum absolute atomic E-state index is 0.214. The molecule has 2 aromatic rings. The Morgan fingerprint density at radius 2 is 2.05 bits per heavy atom. The van der Waals surface area contributed by atoms with Gasteiger partial charge in [0.25, 0.3) is 0 Å². The molecule has 1 heterocycles. The summed E-state index contributed by atoms with van der Waals surface area (Å²) in [5, 5.41) is 0.845. The van der Waals surface area contributed by atoms with Crippen molar-refractivity contribution < 1.29 is 14.3 Å². The predicted molar refractivity (Wildman–Crippen MR) is 76.8 cm³/mol. The van der Waals surface area contributed by atoms with Crippen LogP contribution in [0.3, 0.4) is 0 Å². The number of thiazole rings is 1. The van der Waals surface area contributed by atoms with E-state index in [9.17, 15) is 4.79 Å². The van der Waals surface area contributed by atoms with Gasteiger partial charge >= 0.3 is 5.97 Å². The van der Waals surface area contributed by atoms with Gasteiger partial charge in [-0.05, 0) is 31.2 Å². The van der Waals surface area contributed by atoms with E-state index in [1.807, 2.05) is 31.2 Å². The molecule has 19 heavy (non-hydrogen) atoms. The van der Waals surface area contributed by atoms with E-state index in [0.29, 0.717) is 11.5 Å². The monoisotopic (exact) mass is 341 g/mol. The van der Waals surface area contributed by atoms with Crippen LogP contribution < -0.4 is 4.74 Å². The number of halogens is 1. The summed E-state index contributed by atoms with van der Waals surface area (Å²) in [6.07, 6.45) is 1.53. The van der Waals surface area contributed by atoms with Gasteiger partial charge in [-0.25, -0.2) is 9.78 Å². The van der Waals surface area contributed by atoms with Gasteiger partial charge < -0.3 is 9.47 Å². The zero-order valence-electron chi connectivity index (χ0n) is 10.3. The molecular weight excluding hydrogens is 330 g/mol. The van der Waals surface area contributed by atoms with Gasteiger partial charge in [0, 0.05) is 4.47 Å². The minimum Gasteiger partial charge on any atom is -0.490 e. The Morgan fingerprint density at radius 1 is 1.32 bits per heavy atom. The number of rotatable bonds is 5. The number of benzene rings is 1. The van der Waals surface area contributed by atoms with Crippen molar-refractivity contribution in [3.05, 3.63) is 44.8 Å². The van der Waals surface area contributed by atoms with E-state index < -0.39 is 0 Å². The summed E-state index contributed by atoms with van der Waals surface area (Å²) >= 11 is 4.66. The van der Waals surface area contributed by atoms with Crippen molar-refractivity contribution >= 4 is 33.2 Å². The van der Waals surface area contributed by atoms with Crippen molar-refractivity contribution in [3.8, 4) is 5.75 Å². The lowest BCUT2D eigenvalue weighted by atomic mass is 10.3. The number of carbonyl (C=O) groups excluding carboxylic acids is 1. The van der Waals surface area contributed by atoms with Gasteiger partial charge in [-0.15, -0.1) is 11.3 Å². The molecule has 0 radical (unpaired) electrons. The molecule has 1 aromatic carbocycles. The first-order chi connectivity index (χ1) is 9.15. The Labute approximate surface area is 123 Å². The molecule has 0 atom stereocenters. The first kappa shape index (κ1) is 14.0. The summed E-state index contributed by atoms with van der Waals surface area (Å²) in [4.78, 5) is 16.1. The largest absolute Gasteiger partial charge is 0.490 e. The van der Waals surface area contributed by atoms with Crippen molar-refractivity contribution in [3.63, 3.8) is 0 Å². The number of aryl methyl sites for hydroxylation is 1. The van der Waals surface area contributed by atoms with Crippen LogP contribution in [0.5, 0.6) is 5.75 Å². The third-order valence-corrected chi connectivity index (χ3v) is 3.64. The number of carbonyl (C=O) groups is 1. The summed E-state index contributed by atoms with van der Waals surface area (Å²) in [5.74, 6) is 0.387. The molecule has 0 aliphatic heterocycles. The van der Waals surface area contributed by atoms with Crippen LogP contribution in [0.15, 0.2) is 34.9 Å². The fourth-order valence-electron chi connectivity index (χ4n) is 1.35. The Morgan fingerprint density at radius 3 is 2.68 bits per heavy atom. The van der Waals surface area contributed by atoms with Crippen molar-refractivity contribution in [2.75, 3.05) is 13.2 Å². The fraction of sp³-hybridized carbons (Fsp3) is 0.231. The average molecular weight is 342 g/mol. The molecule has 0 fully saturated rings. The van der Waals surface area contributed by atoms with Gasteiger partial charge in [-0.2, -0.15) is 0 Å². The fourth-order valence-corrected chi connectivity index (χ4v) is 2.29. The standard InChI is InChI=1S/C13H12BrNO3S/c1-9-15-8-12(19-9)13(16)18-7-6-17-11-4-2-10(14)3-5-11/h2-5,8H,6-7H2,1H3. The maximum absolute atomic E-state index is 11.6. The quantitative estimate of drug-likeness (QED) is 0.617. The molecular formula is C13H12BrNO3S. The van der Waals surface area contributed by atoms with Crippen LogP contribution in [0.25, 0.3) is 0 Å². The number of hydrogen-bond donors (Lipinski definition) is 0. The molecule has 0 spiro atoms. The zero-order chi connectivity index (χ0) is 13.7. The molecule has 0 bridgehead atoms. The van der Waals surface area contributed by atoms with Gasteiger partial charge in [-0.3, -0.25) is 0 Å². The van der Waals surface area contributed by atoms with Gasteiger partial charge in [0.1, 0.15) is 23.8 Å². The first-order valence-corrected chi connectivity index (χ1v) is 7.24. The zero-order valence-corrected chi connectivity index (χ0v) is 12.7. The lowest BCUT2D eigenvalue weighted by molar-refractivity contribution is 0.0456. The van der Waals surface area contributed by atoms with Gasteiger partial charge in [-0.1, -0.05) is 15.9 Å². The van der Waals surface area contributed by atoms with Gasteiger partial charge in [0.05, 0.1) is 11.2 Å². The second-order valence-electron chi connectivity index (χ2n) is 3.68. The van der Waals surface area contributed by atoms with E-state index in [4.69, 9.17) is 9.47 Å². The van der Waals surface area contributed by atoms with E-state index in [1.54, 1.807) is 0 Å². The van der Waals surface area contributed by atoms with E-state index >= 15 is 0 Å².